The van der Waals surface area contributed by atoms with Crippen molar-refractivity contribution in [3.05, 3.63) is 58.4 Å². The normalized spacial score (nSPS) is 10.3. The van der Waals surface area contributed by atoms with Crippen LogP contribution in [0.15, 0.2) is 41.3 Å². The molecule has 2 rings (SSSR count). The van der Waals surface area contributed by atoms with E-state index >= 15 is 0 Å². The molecule has 0 aliphatic rings. The molecule has 0 fully saturated rings. The second-order valence-corrected chi connectivity index (χ2v) is 5.00. The molecule has 0 saturated heterocycles. The lowest BCUT2D eigenvalue weighted by atomic mass is 10.1. The van der Waals surface area contributed by atoms with Gasteiger partial charge in [0.2, 0.25) is 0 Å². The van der Waals surface area contributed by atoms with Crippen LogP contribution in [0, 0.1) is 12.7 Å². The van der Waals surface area contributed by atoms with Gasteiger partial charge < -0.3 is 5.32 Å². The minimum atomic E-state index is -0.448. The number of rotatable bonds is 2. The van der Waals surface area contributed by atoms with Gasteiger partial charge in [0, 0.05) is 10.5 Å². The van der Waals surface area contributed by atoms with E-state index in [0.717, 1.165) is 11.6 Å². The van der Waals surface area contributed by atoms with E-state index in [-0.39, 0.29) is 10.9 Å². The Morgan fingerprint density at radius 2 is 2.00 bits per heavy atom. The number of anilines is 1. The first kappa shape index (κ1) is 13.9. The van der Waals surface area contributed by atoms with Crippen LogP contribution in [0.3, 0.4) is 0 Å². The predicted octanol–water partition coefficient (Wildman–Crippen LogP) is 4.33. The SMILES string of the molecule is Cc1ccc(S)cc1C(=O)Nc1ccc(F)cc1Cl. The molecule has 0 spiro atoms. The van der Waals surface area contributed by atoms with Gasteiger partial charge in [-0.2, -0.15) is 0 Å². The van der Waals surface area contributed by atoms with Gasteiger partial charge in [0.1, 0.15) is 5.82 Å². The minimum Gasteiger partial charge on any atom is -0.321 e. The minimum absolute atomic E-state index is 0.160. The third kappa shape index (κ3) is 3.28. The van der Waals surface area contributed by atoms with Crippen LogP contribution >= 0.6 is 24.2 Å². The van der Waals surface area contributed by atoms with E-state index in [0.29, 0.717) is 16.1 Å². The third-order valence-electron chi connectivity index (χ3n) is 2.65. The molecule has 0 aliphatic heterocycles. The number of hydrogen-bond acceptors (Lipinski definition) is 2. The Labute approximate surface area is 121 Å². The summed E-state index contributed by atoms with van der Waals surface area (Å²) in [7, 11) is 0. The molecular weight excluding hydrogens is 285 g/mol. The molecule has 0 aromatic heterocycles. The number of hydrogen-bond donors (Lipinski definition) is 2. The molecule has 0 bridgehead atoms. The van der Waals surface area contributed by atoms with Gasteiger partial charge in [0.05, 0.1) is 10.7 Å². The van der Waals surface area contributed by atoms with Crippen LogP contribution in [-0.2, 0) is 0 Å². The number of nitrogens with one attached hydrogen (secondary N) is 1. The molecule has 0 heterocycles. The van der Waals surface area contributed by atoms with E-state index in [9.17, 15) is 9.18 Å². The van der Waals surface area contributed by atoms with E-state index in [1.807, 2.05) is 13.0 Å². The predicted molar refractivity (Wildman–Crippen MR) is 77.8 cm³/mol. The zero-order valence-corrected chi connectivity index (χ0v) is 11.7. The van der Waals surface area contributed by atoms with Gasteiger partial charge in [-0.05, 0) is 42.8 Å². The lowest BCUT2D eigenvalue weighted by Gasteiger charge is -2.09. The summed E-state index contributed by atoms with van der Waals surface area (Å²) in [5.74, 6) is -0.751. The highest BCUT2D eigenvalue weighted by molar-refractivity contribution is 7.80. The topological polar surface area (TPSA) is 29.1 Å². The van der Waals surface area contributed by atoms with Gasteiger partial charge in [-0.25, -0.2) is 4.39 Å². The van der Waals surface area contributed by atoms with Crippen molar-refractivity contribution in [1.82, 2.24) is 0 Å². The maximum absolute atomic E-state index is 12.9. The molecule has 0 saturated carbocycles. The summed E-state index contributed by atoms with van der Waals surface area (Å²) < 4.78 is 12.9. The standard InChI is InChI=1S/C14H11ClFNOS/c1-8-2-4-10(19)7-11(8)14(18)17-13-5-3-9(16)6-12(13)15/h2-7,19H,1H3,(H,17,18). The molecular formula is C14H11ClFNOS. The Balaban J connectivity index is 2.28. The smallest absolute Gasteiger partial charge is 0.256 e. The highest BCUT2D eigenvalue weighted by Gasteiger charge is 2.11. The first-order valence-electron chi connectivity index (χ1n) is 5.53. The van der Waals surface area contributed by atoms with Crippen molar-refractivity contribution in [3.63, 3.8) is 0 Å². The fourth-order valence-corrected chi connectivity index (χ4v) is 2.05. The molecule has 1 N–H and O–H groups in total. The quantitative estimate of drug-likeness (QED) is 0.793. The average molecular weight is 296 g/mol. The van der Waals surface area contributed by atoms with Gasteiger partial charge in [-0.3, -0.25) is 4.79 Å². The van der Waals surface area contributed by atoms with Crippen LogP contribution in [0.4, 0.5) is 10.1 Å². The van der Waals surface area contributed by atoms with Crippen LogP contribution < -0.4 is 5.32 Å². The lowest BCUT2D eigenvalue weighted by molar-refractivity contribution is 0.102. The number of halogens is 2. The van der Waals surface area contributed by atoms with E-state index in [4.69, 9.17) is 11.6 Å². The fourth-order valence-electron chi connectivity index (χ4n) is 1.64. The van der Waals surface area contributed by atoms with Gasteiger partial charge in [-0.15, -0.1) is 12.6 Å². The monoisotopic (exact) mass is 295 g/mol. The molecule has 2 aromatic carbocycles. The molecule has 0 unspecified atom stereocenters. The third-order valence-corrected chi connectivity index (χ3v) is 3.24. The summed E-state index contributed by atoms with van der Waals surface area (Å²) in [4.78, 5) is 12.8. The maximum atomic E-state index is 12.9. The van der Waals surface area contributed by atoms with E-state index in [1.54, 1.807) is 12.1 Å². The Bertz CT molecular complexity index is 645. The zero-order valence-electron chi connectivity index (χ0n) is 10.1. The summed E-state index contributed by atoms with van der Waals surface area (Å²) in [6, 6.07) is 9.10. The van der Waals surface area contributed by atoms with Crippen molar-refractivity contribution in [1.29, 1.82) is 0 Å². The Kier molecular flexibility index (Phi) is 4.12. The zero-order chi connectivity index (χ0) is 14.0. The second kappa shape index (κ2) is 5.63. The number of carbonyl (C=O) groups excluding carboxylic acids is 1. The molecule has 0 atom stereocenters. The first-order valence-corrected chi connectivity index (χ1v) is 6.36. The molecule has 0 aliphatic carbocycles. The Morgan fingerprint density at radius 1 is 1.26 bits per heavy atom. The summed E-state index contributed by atoms with van der Waals surface area (Å²) >= 11 is 10.1. The number of thiol groups is 1. The van der Waals surface area contributed by atoms with Crippen LogP contribution in [0.2, 0.25) is 5.02 Å². The lowest BCUT2D eigenvalue weighted by Crippen LogP contribution is -2.13. The van der Waals surface area contributed by atoms with Gasteiger partial charge >= 0.3 is 0 Å². The van der Waals surface area contributed by atoms with Crippen molar-refractivity contribution in [2.75, 3.05) is 5.32 Å². The molecule has 19 heavy (non-hydrogen) atoms. The first-order chi connectivity index (χ1) is 8.97. The maximum Gasteiger partial charge on any atom is 0.256 e. The summed E-state index contributed by atoms with van der Waals surface area (Å²) in [5.41, 5.74) is 1.71. The van der Waals surface area contributed by atoms with E-state index in [1.165, 1.54) is 12.1 Å². The summed E-state index contributed by atoms with van der Waals surface area (Å²) in [6.07, 6.45) is 0. The molecule has 1 amide bonds. The van der Waals surface area contributed by atoms with Crippen LogP contribution in [0.25, 0.3) is 0 Å². The molecule has 98 valence electrons. The summed E-state index contributed by atoms with van der Waals surface area (Å²) in [5, 5.41) is 2.81. The number of amides is 1. The largest absolute Gasteiger partial charge is 0.321 e. The fraction of sp³-hybridized carbons (Fsp3) is 0.0714. The van der Waals surface area contributed by atoms with E-state index < -0.39 is 5.82 Å². The number of benzene rings is 2. The Hall–Kier alpha value is -1.52. The van der Waals surface area contributed by atoms with Crippen molar-refractivity contribution in [2.24, 2.45) is 0 Å². The number of carbonyl (C=O) groups is 1. The van der Waals surface area contributed by atoms with Crippen molar-refractivity contribution in [2.45, 2.75) is 11.8 Å². The van der Waals surface area contributed by atoms with Crippen molar-refractivity contribution in [3.8, 4) is 0 Å². The Morgan fingerprint density at radius 3 is 2.68 bits per heavy atom. The van der Waals surface area contributed by atoms with Gasteiger partial charge in [0.15, 0.2) is 0 Å². The van der Waals surface area contributed by atoms with Crippen molar-refractivity contribution < 1.29 is 9.18 Å². The van der Waals surface area contributed by atoms with Crippen LogP contribution in [0.1, 0.15) is 15.9 Å². The van der Waals surface area contributed by atoms with Gasteiger partial charge in [-0.1, -0.05) is 17.7 Å². The number of aryl methyl sites for hydroxylation is 1. The summed E-state index contributed by atoms with van der Waals surface area (Å²) in [6.45, 7) is 1.83. The average Bonchev–Trinajstić information content (AvgIpc) is 2.35. The second-order valence-electron chi connectivity index (χ2n) is 4.08. The van der Waals surface area contributed by atoms with Crippen LogP contribution in [0.5, 0.6) is 0 Å². The highest BCUT2D eigenvalue weighted by Crippen LogP contribution is 2.24. The highest BCUT2D eigenvalue weighted by atomic mass is 35.5. The molecule has 2 nitrogen and oxygen atoms in total. The molecule has 2 aromatic rings. The van der Waals surface area contributed by atoms with E-state index in [2.05, 4.69) is 17.9 Å². The van der Waals surface area contributed by atoms with Crippen LogP contribution in [-0.4, -0.2) is 5.91 Å². The molecule has 5 heteroatoms. The van der Waals surface area contributed by atoms with Gasteiger partial charge in [0.25, 0.3) is 5.91 Å². The van der Waals surface area contributed by atoms with Crippen molar-refractivity contribution >= 4 is 35.8 Å². The molecule has 0 radical (unpaired) electrons.